The fraction of sp³-hybridized carbons (Fsp3) is 0.385. The third kappa shape index (κ3) is 7.13. The number of rotatable bonds is 13. The number of aryl methyl sites for hydroxylation is 1. The summed E-state index contributed by atoms with van der Waals surface area (Å²) < 4.78 is 5.96. The number of ether oxygens (including phenoxy) is 1. The number of benzene rings is 3. The van der Waals surface area contributed by atoms with Crippen LogP contribution in [-0.4, -0.2) is 48.0 Å². The average Bonchev–Trinajstić information content (AvgIpc) is 2.77. The number of aliphatic hydroxyl groups is 2. The lowest BCUT2D eigenvalue weighted by molar-refractivity contribution is 0.156. The maximum Gasteiger partial charge on any atom is 0.119 e. The second-order valence-electron chi connectivity index (χ2n) is 7.71. The topological polar surface area (TPSA) is 52.9 Å². The van der Waals surface area contributed by atoms with Crippen LogP contribution >= 0.6 is 0 Å². The molecular weight excluding hydrogens is 374 g/mol. The monoisotopic (exact) mass is 407 g/mol. The summed E-state index contributed by atoms with van der Waals surface area (Å²) in [6.45, 7) is 2.79. The van der Waals surface area contributed by atoms with E-state index in [1.54, 1.807) is 0 Å². The molecule has 3 aromatic carbocycles. The average molecular weight is 408 g/mol. The van der Waals surface area contributed by atoms with Crippen LogP contribution in [0.2, 0.25) is 0 Å². The summed E-state index contributed by atoms with van der Waals surface area (Å²) in [5, 5.41) is 20.7. The lowest BCUT2D eigenvalue weighted by Crippen LogP contribution is -2.29. The molecule has 0 aliphatic carbocycles. The minimum Gasteiger partial charge on any atom is -0.494 e. The lowest BCUT2D eigenvalue weighted by atomic mass is 10.1. The lowest BCUT2D eigenvalue weighted by Gasteiger charge is -2.20. The fourth-order valence-corrected chi connectivity index (χ4v) is 3.72. The Bertz CT molecular complexity index is 876. The quantitative estimate of drug-likeness (QED) is 0.412. The molecule has 2 N–H and O–H groups in total. The van der Waals surface area contributed by atoms with Crippen LogP contribution in [-0.2, 0) is 13.0 Å². The van der Waals surface area contributed by atoms with Crippen molar-refractivity contribution in [3.05, 3.63) is 77.9 Å². The Balaban J connectivity index is 1.45. The van der Waals surface area contributed by atoms with E-state index in [4.69, 9.17) is 4.74 Å². The van der Waals surface area contributed by atoms with Gasteiger partial charge >= 0.3 is 0 Å². The molecule has 160 valence electrons. The summed E-state index contributed by atoms with van der Waals surface area (Å²) in [5.41, 5.74) is 2.58. The normalized spacial score (nSPS) is 11.3. The molecule has 0 saturated heterocycles. The first kappa shape index (κ1) is 22.3. The van der Waals surface area contributed by atoms with Crippen molar-refractivity contribution < 1.29 is 14.9 Å². The molecule has 0 aliphatic rings. The second kappa shape index (κ2) is 12.3. The Kier molecular flexibility index (Phi) is 9.16. The minimum atomic E-state index is 0.0978. The van der Waals surface area contributed by atoms with Gasteiger partial charge in [0.25, 0.3) is 0 Å². The molecule has 3 aromatic rings. The first-order valence-corrected chi connectivity index (χ1v) is 10.9. The predicted molar refractivity (Wildman–Crippen MR) is 123 cm³/mol. The predicted octanol–water partition coefficient (Wildman–Crippen LogP) is 4.42. The van der Waals surface area contributed by atoms with Gasteiger partial charge in [0.2, 0.25) is 0 Å². The summed E-state index contributed by atoms with van der Waals surface area (Å²) in [4.78, 5) is 2.05. The van der Waals surface area contributed by atoms with Crippen LogP contribution in [0.1, 0.15) is 30.4 Å². The van der Waals surface area contributed by atoms with Gasteiger partial charge in [0, 0.05) is 19.6 Å². The SMILES string of the molecule is OCCN(CCO)Cc1ccc2cc(OCCCCCc3ccccc3)ccc2c1. The molecule has 4 heteroatoms. The number of nitrogens with zero attached hydrogens (tertiary/aromatic N) is 1. The van der Waals surface area contributed by atoms with E-state index < -0.39 is 0 Å². The summed E-state index contributed by atoms with van der Waals surface area (Å²) in [6.07, 6.45) is 4.56. The highest BCUT2D eigenvalue weighted by Crippen LogP contribution is 2.23. The zero-order chi connectivity index (χ0) is 21.0. The van der Waals surface area contributed by atoms with Crippen LogP contribution in [0.15, 0.2) is 66.7 Å². The summed E-state index contributed by atoms with van der Waals surface area (Å²) >= 11 is 0. The number of hydrogen-bond acceptors (Lipinski definition) is 4. The van der Waals surface area contributed by atoms with Gasteiger partial charge in [-0.15, -0.1) is 0 Å². The van der Waals surface area contributed by atoms with Crippen LogP contribution in [0.25, 0.3) is 10.8 Å². The molecule has 0 unspecified atom stereocenters. The molecular formula is C26H33NO3. The van der Waals surface area contributed by atoms with Crippen molar-refractivity contribution in [3.63, 3.8) is 0 Å². The molecule has 0 aromatic heterocycles. The zero-order valence-electron chi connectivity index (χ0n) is 17.7. The molecule has 0 fully saturated rings. The molecule has 0 saturated carbocycles. The van der Waals surface area contributed by atoms with Crippen molar-refractivity contribution in [1.29, 1.82) is 0 Å². The van der Waals surface area contributed by atoms with Gasteiger partial charge in [-0.25, -0.2) is 0 Å². The Morgan fingerprint density at radius 3 is 2.20 bits per heavy atom. The van der Waals surface area contributed by atoms with Gasteiger partial charge in [-0.1, -0.05) is 48.5 Å². The largest absolute Gasteiger partial charge is 0.494 e. The van der Waals surface area contributed by atoms with E-state index in [1.165, 1.54) is 29.4 Å². The maximum atomic E-state index is 9.18. The van der Waals surface area contributed by atoms with Gasteiger partial charge in [0.1, 0.15) is 5.75 Å². The molecule has 0 aliphatic heterocycles. The highest BCUT2D eigenvalue weighted by molar-refractivity contribution is 5.84. The highest BCUT2D eigenvalue weighted by atomic mass is 16.5. The van der Waals surface area contributed by atoms with E-state index in [2.05, 4.69) is 65.6 Å². The van der Waals surface area contributed by atoms with Gasteiger partial charge < -0.3 is 14.9 Å². The van der Waals surface area contributed by atoms with E-state index in [1.807, 2.05) is 6.07 Å². The van der Waals surface area contributed by atoms with Crippen molar-refractivity contribution in [2.75, 3.05) is 32.9 Å². The first-order chi connectivity index (χ1) is 14.8. The molecule has 0 spiro atoms. The van der Waals surface area contributed by atoms with Gasteiger partial charge in [-0.2, -0.15) is 0 Å². The highest BCUT2D eigenvalue weighted by Gasteiger charge is 2.06. The first-order valence-electron chi connectivity index (χ1n) is 10.9. The molecule has 0 heterocycles. The van der Waals surface area contributed by atoms with Crippen LogP contribution in [0.4, 0.5) is 0 Å². The smallest absolute Gasteiger partial charge is 0.119 e. The molecule has 0 bridgehead atoms. The van der Waals surface area contributed by atoms with Gasteiger partial charge in [-0.05, 0) is 65.8 Å². The number of hydrogen-bond donors (Lipinski definition) is 2. The van der Waals surface area contributed by atoms with Crippen LogP contribution in [0.3, 0.4) is 0 Å². The van der Waals surface area contributed by atoms with E-state index >= 15 is 0 Å². The molecule has 4 nitrogen and oxygen atoms in total. The molecule has 3 rings (SSSR count). The van der Waals surface area contributed by atoms with Crippen LogP contribution in [0.5, 0.6) is 5.75 Å². The summed E-state index contributed by atoms with van der Waals surface area (Å²) in [5.74, 6) is 0.917. The third-order valence-corrected chi connectivity index (χ3v) is 5.34. The van der Waals surface area contributed by atoms with Crippen molar-refractivity contribution in [2.24, 2.45) is 0 Å². The Labute approximate surface area is 179 Å². The Morgan fingerprint density at radius 2 is 1.43 bits per heavy atom. The van der Waals surface area contributed by atoms with E-state index in [0.717, 1.165) is 37.1 Å². The molecule has 0 amide bonds. The summed E-state index contributed by atoms with van der Waals surface area (Å²) in [6, 6.07) is 23.3. The van der Waals surface area contributed by atoms with Gasteiger partial charge in [0.05, 0.1) is 19.8 Å². The van der Waals surface area contributed by atoms with E-state index in [9.17, 15) is 10.2 Å². The number of unbranched alkanes of at least 4 members (excludes halogenated alkanes) is 2. The van der Waals surface area contributed by atoms with Gasteiger partial charge in [-0.3, -0.25) is 4.90 Å². The van der Waals surface area contributed by atoms with Crippen LogP contribution < -0.4 is 4.74 Å². The van der Waals surface area contributed by atoms with Crippen LogP contribution in [0, 0.1) is 0 Å². The van der Waals surface area contributed by atoms with Gasteiger partial charge in [0.15, 0.2) is 0 Å². The van der Waals surface area contributed by atoms with Crippen molar-refractivity contribution in [2.45, 2.75) is 32.2 Å². The van der Waals surface area contributed by atoms with Crippen molar-refractivity contribution in [3.8, 4) is 5.75 Å². The standard InChI is InChI=1S/C26H33NO3/c28-16-14-27(15-17-29)21-23-10-11-25-20-26(13-12-24(25)19-23)30-18-6-2-5-9-22-7-3-1-4-8-22/h1,3-4,7-8,10-13,19-20,28-29H,2,5-6,9,14-18,21H2. The number of aliphatic hydroxyl groups excluding tert-OH is 2. The molecule has 0 atom stereocenters. The third-order valence-electron chi connectivity index (χ3n) is 5.34. The van der Waals surface area contributed by atoms with E-state index in [0.29, 0.717) is 13.1 Å². The van der Waals surface area contributed by atoms with E-state index in [-0.39, 0.29) is 13.2 Å². The summed E-state index contributed by atoms with van der Waals surface area (Å²) in [7, 11) is 0. The van der Waals surface area contributed by atoms with Crippen molar-refractivity contribution in [1.82, 2.24) is 4.90 Å². The zero-order valence-corrected chi connectivity index (χ0v) is 17.7. The minimum absolute atomic E-state index is 0.0978. The Hall–Kier alpha value is -2.40. The fourth-order valence-electron chi connectivity index (χ4n) is 3.72. The maximum absolute atomic E-state index is 9.18. The van der Waals surface area contributed by atoms with Crippen molar-refractivity contribution >= 4 is 10.8 Å². The number of fused-ring (bicyclic) bond motifs is 1. The second-order valence-corrected chi connectivity index (χ2v) is 7.71. The molecule has 0 radical (unpaired) electrons. The molecule has 30 heavy (non-hydrogen) atoms. The Morgan fingerprint density at radius 1 is 0.700 bits per heavy atom.